The molecule has 8 nitrogen and oxygen atoms in total. The number of hydrogen-bond acceptors (Lipinski definition) is 6. The van der Waals surface area contributed by atoms with Crippen molar-refractivity contribution in [1.82, 2.24) is 15.2 Å². The van der Waals surface area contributed by atoms with E-state index in [0.29, 0.717) is 80.2 Å². The van der Waals surface area contributed by atoms with Gasteiger partial charge < -0.3 is 21.3 Å². The highest BCUT2D eigenvalue weighted by molar-refractivity contribution is 5.99. The molecule has 0 aliphatic carbocycles. The maximum absolute atomic E-state index is 13.6. The summed E-state index contributed by atoms with van der Waals surface area (Å²) in [5, 5.41) is 15.8. The van der Waals surface area contributed by atoms with Crippen molar-refractivity contribution < 1.29 is 14.0 Å². The van der Waals surface area contributed by atoms with Gasteiger partial charge in [0.15, 0.2) is 0 Å². The van der Waals surface area contributed by atoms with Gasteiger partial charge in [0.25, 0.3) is 5.91 Å². The summed E-state index contributed by atoms with van der Waals surface area (Å²) >= 11 is 0. The molecule has 1 aliphatic heterocycles. The Morgan fingerprint density at radius 1 is 1.10 bits per heavy atom. The van der Waals surface area contributed by atoms with Crippen molar-refractivity contribution in [1.29, 1.82) is 5.26 Å². The average Bonchev–Trinajstić information content (AvgIpc) is 2.99. The van der Waals surface area contributed by atoms with Gasteiger partial charge in [-0.15, -0.1) is 0 Å². The van der Waals surface area contributed by atoms with Crippen LogP contribution in [0.25, 0.3) is 11.3 Å². The summed E-state index contributed by atoms with van der Waals surface area (Å²) in [6.45, 7) is 2.83. The zero-order valence-corrected chi connectivity index (χ0v) is 22.5. The van der Waals surface area contributed by atoms with E-state index in [9.17, 15) is 19.2 Å². The molecular formula is C31H35FN6O2. The topological polar surface area (TPSA) is 124 Å². The van der Waals surface area contributed by atoms with Crippen LogP contribution in [0.4, 0.5) is 10.2 Å². The van der Waals surface area contributed by atoms with Crippen LogP contribution in [0.3, 0.4) is 0 Å². The fourth-order valence-corrected chi connectivity index (χ4v) is 4.88. The number of nitrogens with one attached hydrogen (secondary N) is 2. The Hall–Kier alpha value is -4.29. The molecule has 0 spiro atoms. The second-order valence-corrected chi connectivity index (χ2v) is 9.98. The molecule has 0 radical (unpaired) electrons. The van der Waals surface area contributed by atoms with Gasteiger partial charge in [-0.1, -0.05) is 30.3 Å². The Morgan fingerprint density at radius 3 is 2.65 bits per heavy atom. The second-order valence-electron chi connectivity index (χ2n) is 9.98. The van der Waals surface area contributed by atoms with Crippen molar-refractivity contribution >= 4 is 17.6 Å². The first kappa shape index (κ1) is 28.7. The number of likely N-dealkylation sites (tertiary alicyclic amines) is 1. The zero-order chi connectivity index (χ0) is 28.3. The van der Waals surface area contributed by atoms with Crippen molar-refractivity contribution in [2.45, 2.75) is 32.1 Å². The maximum Gasteiger partial charge on any atom is 0.255 e. The molecule has 9 heteroatoms. The van der Waals surface area contributed by atoms with Crippen molar-refractivity contribution in [3.8, 4) is 17.3 Å². The van der Waals surface area contributed by atoms with E-state index in [0.717, 1.165) is 18.4 Å². The lowest BCUT2D eigenvalue weighted by molar-refractivity contribution is -0.132. The Kier molecular flexibility index (Phi) is 10.2. The molecule has 3 aromatic rings. The number of rotatable bonds is 11. The molecule has 40 heavy (non-hydrogen) atoms. The van der Waals surface area contributed by atoms with Crippen molar-refractivity contribution in [2.24, 2.45) is 11.7 Å². The lowest BCUT2D eigenvalue weighted by atomic mass is 9.96. The molecule has 1 saturated heterocycles. The van der Waals surface area contributed by atoms with Crippen molar-refractivity contribution in [2.75, 3.05) is 38.0 Å². The van der Waals surface area contributed by atoms with Gasteiger partial charge in [0.05, 0.1) is 22.9 Å². The van der Waals surface area contributed by atoms with Gasteiger partial charge in [-0.2, -0.15) is 5.26 Å². The molecule has 4 N–H and O–H groups in total. The number of aromatic nitrogens is 1. The fourth-order valence-electron chi connectivity index (χ4n) is 4.88. The number of pyridine rings is 1. The summed E-state index contributed by atoms with van der Waals surface area (Å²) < 4.78 is 13.6. The summed E-state index contributed by atoms with van der Waals surface area (Å²) in [7, 11) is 0. The monoisotopic (exact) mass is 542 g/mol. The molecule has 0 atom stereocenters. The third-order valence-corrected chi connectivity index (χ3v) is 7.17. The molecule has 0 saturated carbocycles. The highest BCUT2D eigenvalue weighted by Gasteiger charge is 2.23. The number of nitrogens with two attached hydrogens (primary N) is 1. The molecule has 208 valence electrons. The number of nitrogens with zero attached hydrogens (tertiary/aromatic N) is 3. The van der Waals surface area contributed by atoms with Gasteiger partial charge in [0.1, 0.15) is 11.6 Å². The van der Waals surface area contributed by atoms with Gasteiger partial charge in [-0.25, -0.2) is 9.37 Å². The van der Waals surface area contributed by atoms with E-state index in [1.54, 1.807) is 30.3 Å². The van der Waals surface area contributed by atoms with Crippen LogP contribution >= 0.6 is 0 Å². The lowest BCUT2D eigenvalue weighted by Crippen LogP contribution is -2.41. The number of benzene rings is 2. The lowest BCUT2D eigenvalue weighted by Gasteiger charge is -2.32. The van der Waals surface area contributed by atoms with Crippen molar-refractivity contribution in [3.63, 3.8) is 0 Å². The van der Waals surface area contributed by atoms with E-state index in [-0.39, 0.29) is 23.5 Å². The van der Waals surface area contributed by atoms with Crippen LogP contribution in [-0.4, -0.2) is 54.4 Å². The molecule has 0 bridgehead atoms. The average molecular weight is 543 g/mol. The number of halogens is 1. The number of carbonyl (C=O) groups excluding carboxylic acids is 2. The highest BCUT2D eigenvalue weighted by atomic mass is 19.1. The molecule has 1 aromatic heterocycles. The van der Waals surface area contributed by atoms with Gasteiger partial charge >= 0.3 is 0 Å². The second kappa shape index (κ2) is 14.2. The predicted octanol–water partition coefficient (Wildman–Crippen LogP) is 4.12. The molecular weight excluding hydrogens is 507 g/mol. The first-order valence-corrected chi connectivity index (χ1v) is 13.7. The number of nitriles is 1. The maximum atomic E-state index is 13.6. The Bertz CT molecular complexity index is 1360. The normalized spacial score (nSPS) is 13.5. The molecule has 2 heterocycles. The zero-order valence-electron chi connectivity index (χ0n) is 22.5. The van der Waals surface area contributed by atoms with Gasteiger partial charge in [-0.05, 0) is 74.0 Å². The SMILES string of the molecule is N#Cc1ccccc1-c1ccc(C(=O)NCC2CCN(C(=O)CCCN)CC2)c(NCCc2cccc(F)c2)n1. The fraction of sp³-hybridized carbons (Fsp3) is 0.355. The minimum Gasteiger partial charge on any atom is -0.369 e. The van der Waals surface area contributed by atoms with E-state index in [2.05, 4.69) is 16.7 Å². The first-order valence-electron chi connectivity index (χ1n) is 13.7. The van der Waals surface area contributed by atoms with Crippen LogP contribution in [0.1, 0.15) is 47.2 Å². The molecule has 4 rings (SSSR count). The highest BCUT2D eigenvalue weighted by Crippen LogP contribution is 2.25. The van der Waals surface area contributed by atoms with Gasteiger partial charge in [-0.3, -0.25) is 9.59 Å². The van der Waals surface area contributed by atoms with E-state index >= 15 is 0 Å². The minimum absolute atomic E-state index is 0.144. The van der Waals surface area contributed by atoms with E-state index in [4.69, 9.17) is 10.7 Å². The van der Waals surface area contributed by atoms with Crippen LogP contribution in [0.2, 0.25) is 0 Å². The third kappa shape index (κ3) is 7.64. The quantitative estimate of drug-likeness (QED) is 0.335. The van der Waals surface area contributed by atoms with E-state index in [1.165, 1.54) is 12.1 Å². The number of anilines is 1. The van der Waals surface area contributed by atoms with Crippen LogP contribution in [-0.2, 0) is 11.2 Å². The minimum atomic E-state index is -0.295. The Balaban J connectivity index is 1.44. The molecule has 1 aliphatic rings. The molecule has 2 aromatic carbocycles. The third-order valence-electron chi connectivity index (χ3n) is 7.17. The van der Waals surface area contributed by atoms with Crippen molar-refractivity contribution in [3.05, 3.63) is 83.2 Å². The smallest absolute Gasteiger partial charge is 0.255 e. The van der Waals surface area contributed by atoms with E-state index in [1.807, 2.05) is 23.1 Å². The summed E-state index contributed by atoms with van der Waals surface area (Å²) in [6, 6.07) is 19.2. The van der Waals surface area contributed by atoms with Gasteiger partial charge in [0.2, 0.25) is 5.91 Å². The Morgan fingerprint density at radius 2 is 1.90 bits per heavy atom. The predicted molar refractivity (Wildman–Crippen MR) is 153 cm³/mol. The molecule has 2 amide bonds. The van der Waals surface area contributed by atoms with Crippen LogP contribution < -0.4 is 16.4 Å². The van der Waals surface area contributed by atoms with E-state index < -0.39 is 0 Å². The summed E-state index contributed by atoms with van der Waals surface area (Å²) in [5.41, 5.74) is 8.49. The standard InChI is InChI=1S/C31H35FN6O2/c32-25-7-3-5-22(19-25)12-16-35-30-27(10-11-28(37-30)26-8-2-1-6-24(26)20-34)31(40)36-21-23-13-17-38(18-14-23)29(39)9-4-15-33/h1-3,5-8,10-11,19,23H,4,9,12-18,21,33H2,(H,35,37)(H,36,40). The van der Waals surface area contributed by atoms with Crippen LogP contribution in [0.15, 0.2) is 60.7 Å². The first-order chi connectivity index (χ1) is 19.5. The summed E-state index contributed by atoms with van der Waals surface area (Å²) in [6.07, 6.45) is 3.38. The van der Waals surface area contributed by atoms with Crippen LogP contribution in [0.5, 0.6) is 0 Å². The largest absolute Gasteiger partial charge is 0.369 e. The Labute approximate surface area is 234 Å². The molecule has 0 unspecified atom stereocenters. The number of hydrogen-bond donors (Lipinski definition) is 3. The summed E-state index contributed by atoms with van der Waals surface area (Å²) in [4.78, 5) is 32.1. The van der Waals surface area contributed by atoms with Crippen LogP contribution in [0, 0.1) is 23.1 Å². The number of amides is 2. The number of piperidine rings is 1. The summed E-state index contributed by atoms with van der Waals surface area (Å²) in [5.74, 6) is 0.283. The number of carbonyl (C=O) groups is 2. The van der Waals surface area contributed by atoms with Gasteiger partial charge in [0, 0.05) is 38.2 Å². The molecule has 1 fully saturated rings.